The molecule has 1 heterocycles. The summed E-state index contributed by atoms with van der Waals surface area (Å²) in [5.41, 5.74) is 0.692. The van der Waals surface area contributed by atoms with Gasteiger partial charge < -0.3 is 15.1 Å². The van der Waals surface area contributed by atoms with Crippen LogP contribution in [0.25, 0.3) is 0 Å². The molecule has 0 aromatic heterocycles. The molecule has 0 bridgehead atoms. The van der Waals surface area contributed by atoms with Crippen molar-refractivity contribution in [3.8, 4) is 0 Å². The smallest absolute Gasteiger partial charge is 0.407 e. The quantitative estimate of drug-likeness (QED) is 0.878. The molecule has 1 saturated heterocycles. The van der Waals surface area contributed by atoms with E-state index in [1.54, 1.807) is 18.2 Å². The van der Waals surface area contributed by atoms with Gasteiger partial charge in [0, 0.05) is 19.0 Å². The molecule has 5 nitrogen and oxygen atoms in total. The van der Waals surface area contributed by atoms with Crippen LogP contribution in [0.4, 0.5) is 4.79 Å². The van der Waals surface area contributed by atoms with Crippen LogP contribution < -0.4 is 0 Å². The first-order chi connectivity index (χ1) is 9.40. The number of benzene rings is 1. The average molecular weight is 318 g/mol. The highest BCUT2D eigenvalue weighted by Crippen LogP contribution is 2.35. The van der Waals surface area contributed by atoms with Crippen LogP contribution in [0.5, 0.6) is 0 Å². The zero-order valence-corrected chi connectivity index (χ0v) is 11.9. The van der Waals surface area contributed by atoms with E-state index in [-0.39, 0.29) is 19.5 Å². The van der Waals surface area contributed by atoms with Crippen molar-refractivity contribution in [2.24, 2.45) is 5.92 Å². The zero-order valence-electron chi connectivity index (χ0n) is 10.4. The molecule has 0 radical (unpaired) electrons. The van der Waals surface area contributed by atoms with Gasteiger partial charge in [-0.05, 0) is 24.1 Å². The van der Waals surface area contributed by atoms with Gasteiger partial charge in [-0.15, -0.1) is 0 Å². The Kier molecular flexibility index (Phi) is 4.40. The Morgan fingerprint density at radius 2 is 1.90 bits per heavy atom. The lowest BCUT2D eigenvalue weighted by atomic mass is 9.81. The minimum atomic E-state index is -1.04. The Morgan fingerprint density at radius 1 is 1.20 bits per heavy atom. The number of rotatable bonds is 2. The van der Waals surface area contributed by atoms with Crippen LogP contribution in [0, 0.1) is 5.92 Å². The van der Waals surface area contributed by atoms with Crippen molar-refractivity contribution in [3.63, 3.8) is 0 Å². The molecule has 0 spiro atoms. The van der Waals surface area contributed by atoms with E-state index >= 15 is 0 Å². The Hall–Kier alpha value is -1.46. The number of carbonyl (C=O) groups is 2. The highest BCUT2D eigenvalue weighted by molar-refractivity contribution is 6.42. The van der Waals surface area contributed by atoms with E-state index in [1.165, 1.54) is 4.90 Å². The summed E-state index contributed by atoms with van der Waals surface area (Å²) in [6.07, 6.45) is -0.758. The second kappa shape index (κ2) is 5.89. The fraction of sp³-hybridized carbons (Fsp3) is 0.385. The molecule has 1 aliphatic heterocycles. The lowest BCUT2D eigenvalue weighted by Gasteiger charge is -2.35. The van der Waals surface area contributed by atoms with Crippen LogP contribution >= 0.6 is 23.2 Å². The maximum absolute atomic E-state index is 11.3. The first-order valence-electron chi connectivity index (χ1n) is 6.05. The Labute approximate surface area is 125 Å². The Morgan fingerprint density at radius 3 is 2.45 bits per heavy atom. The highest BCUT2D eigenvalue weighted by atomic mass is 35.5. The minimum Gasteiger partial charge on any atom is -0.481 e. The maximum atomic E-state index is 11.3. The normalized spacial score (nSPS) is 22.6. The van der Waals surface area contributed by atoms with Crippen LogP contribution in [-0.4, -0.2) is 40.3 Å². The van der Waals surface area contributed by atoms with Gasteiger partial charge in [-0.1, -0.05) is 29.3 Å². The number of carboxylic acid groups (broad SMARTS) is 2. The molecular formula is C13H13Cl2NO4. The number of likely N-dealkylation sites (tertiary alicyclic amines) is 1. The molecule has 2 rings (SSSR count). The fourth-order valence-corrected chi connectivity index (χ4v) is 2.81. The molecule has 7 heteroatoms. The zero-order chi connectivity index (χ0) is 14.9. The summed E-state index contributed by atoms with van der Waals surface area (Å²) in [6.45, 7) is 0.369. The van der Waals surface area contributed by atoms with Crippen molar-refractivity contribution in [2.75, 3.05) is 13.1 Å². The van der Waals surface area contributed by atoms with Gasteiger partial charge in [0.2, 0.25) is 0 Å². The molecular weight excluding hydrogens is 305 g/mol. The van der Waals surface area contributed by atoms with Crippen molar-refractivity contribution in [2.45, 2.75) is 12.3 Å². The molecule has 20 heavy (non-hydrogen) atoms. The number of nitrogens with zero attached hydrogens (tertiary/aromatic N) is 1. The third kappa shape index (κ3) is 2.99. The van der Waals surface area contributed by atoms with Crippen molar-refractivity contribution < 1.29 is 19.8 Å². The first-order valence-corrected chi connectivity index (χ1v) is 6.81. The van der Waals surface area contributed by atoms with Crippen LogP contribution in [0.1, 0.15) is 17.9 Å². The van der Waals surface area contributed by atoms with Crippen LogP contribution in [0.3, 0.4) is 0 Å². The number of halogens is 2. The van der Waals surface area contributed by atoms with E-state index in [0.717, 1.165) is 0 Å². The number of carboxylic acids is 1. The van der Waals surface area contributed by atoms with Gasteiger partial charge in [0.05, 0.1) is 16.0 Å². The predicted octanol–water partition coefficient (Wildman–Crippen LogP) is 3.16. The second-order valence-corrected chi connectivity index (χ2v) is 5.56. The van der Waals surface area contributed by atoms with Crippen LogP contribution in [0.2, 0.25) is 10.0 Å². The van der Waals surface area contributed by atoms with Crippen LogP contribution in [0.15, 0.2) is 18.2 Å². The van der Waals surface area contributed by atoms with E-state index < -0.39 is 23.9 Å². The highest BCUT2D eigenvalue weighted by Gasteiger charge is 2.36. The molecule has 1 aliphatic rings. The van der Waals surface area contributed by atoms with E-state index in [2.05, 4.69) is 0 Å². The van der Waals surface area contributed by atoms with Gasteiger partial charge in [-0.3, -0.25) is 4.79 Å². The van der Waals surface area contributed by atoms with Crippen molar-refractivity contribution in [1.82, 2.24) is 4.90 Å². The molecule has 0 aliphatic carbocycles. The maximum Gasteiger partial charge on any atom is 0.407 e. The lowest BCUT2D eigenvalue weighted by molar-refractivity contribution is -0.144. The van der Waals surface area contributed by atoms with Gasteiger partial charge in [0.25, 0.3) is 0 Å². The summed E-state index contributed by atoms with van der Waals surface area (Å²) in [4.78, 5) is 23.6. The van der Waals surface area contributed by atoms with Gasteiger partial charge in [0.1, 0.15) is 0 Å². The molecule has 108 valence electrons. The number of amides is 1. The number of aliphatic carboxylic acids is 1. The van der Waals surface area contributed by atoms with E-state index in [1.807, 2.05) is 0 Å². The molecule has 0 unspecified atom stereocenters. The van der Waals surface area contributed by atoms with Gasteiger partial charge in [0.15, 0.2) is 0 Å². The SMILES string of the molecule is O=C(O)[C@@H]1CCN(C(=O)O)C[C@H]1c1ccc(Cl)c(Cl)c1. The molecule has 1 aromatic carbocycles. The summed E-state index contributed by atoms with van der Waals surface area (Å²) in [5, 5.41) is 19.1. The molecule has 2 atom stereocenters. The molecule has 1 amide bonds. The second-order valence-electron chi connectivity index (χ2n) is 4.74. The predicted molar refractivity (Wildman–Crippen MR) is 74.5 cm³/mol. The Balaban J connectivity index is 2.33. The first kappa shape index (κ1) is 14.9. The molecule has 1 fully saturated rings. The van der Waals surface area contributed by atoms with Gasteiger partial charge >= 0.3 is 12.1 Å². The summed E-state index contributed by atoms with van der Waals surface area (Å²) in [7, 11) is 0. The van der Waals surface area contributed by atoms with Gasteiger partial charge in [-0.25, -0.2) is 4.79 Å². The monoisotopic (exact) mass is 317 g/mol. The largest absolute Gasteiger partial charge is 0.481 e. The van der Waals surface area contributed by atoms with Crippen molar-refractivity contribution in [3.05, 3.63) is 33.8 Å². The Bertz CT molecular complexity index is 549. The number of hydrogen-bond donors (Lipinski definition) is 2. The summed E-state index contributed by atoms with van der Waals surface area (Å²) >= 11 is 11.8. The summed E-state index contributed by atoms with van der Waals surface area (Å²) < 4.78 is 0. The van der Waals surface area contributed by atoms with E-state index in [0.29, 0.717) is 15.6 Å². The lowest BCUT2D eigenvalue weighted by Crippen LogP contribution is -2.44. The van der Waals surface area contributed by atoms with Crippen molar-refractivity contribution >= 4 is 35.3 Å². The average Bonchev–Trinajstić information content (AvgIpc) is 2.41. The number of hydrogen-bond acceptors (Lipinski definition) is 2. The fourth-order valence-electron chi connectivity index (χ4n) is 2.50. The van der Waals surface area contributed by atoms with Crippen molar-refractivity contribution in [1.29, 1.82) is 0 Å². The summed E-state index contributed by atoms with van der Waals surface area (Å²) in [5.74, 6) is -1.97. The van der Waals surface area contributed by atoms with E-state index in [9.17, 15) is 14.7 Å². The number of piperidine rings is 1. The van der Waals surface area contributed by atoms with Gasteiger partial charge in [-0.2, -0.15) is 0 Å². The molecule has 1 aromatic rings. The standard InChI is InChI=1S/C13H13Cl2NO4/c14-10-2-1-7(5-11(10)15)9-6-16(13(19)20)4-3-8(9)12(17)18/h1-2,5,8-9H,3-4,6H2,(H,17,18)(H,19,20)/t8-,9+/m1/s1. The third-order valence-electron chi connectivity index (χ3n) is 3.57. The molecule has 0 saturated carbocycles. The summed E-state index contributed by atoms with van der Waals surface area (Å²) in [6, 6.07) is 4.90. The van der Waals surface area contributed by atoms with E-state index in [4.69, 9.17) is 28.3 Å². The molecule has 2 N–H and O–H groups in total. The topological polar surface area (TPSA) is 77.8 Å². The van der Waals surface area contributed by atoms with Crippen LogP contribution in [-0.2, 0) is 4.79 Å². The third-order valence-corrected chi connectivity index (χ3v) is 4.31. The minimum absolute atomic E-state index is 0.143.